The summed E-state index contributed by atoms with van der Waals surface area (Å²) in [5.41, 5.74) is 6.01. The summed E-state index contributed by atoms with van der Waals surface area (Å²) in [4.78, 5) is 12.3. The van der Waals surface area contributed by atoms with Crippen molar-refractivity contribution >= 4 is 38.9 Å². The van der Waals surface area contributed by atoms with Gasteiger partial charge in [0.2, 0.25) is 5.91 Å². The molecule has 0 radical (unpaired) electrons. The first-order chi connectivity index (χ1) is 8.56. The van der Waals surface area contributed by atoms with Crippen molar-refractivity contribution in [1.82, 2.24) is 0 Å². The summed E-state index contributed by atoms with van der Waals surface area (Å²) in [6, 6.07) is 8.83. The number of benzene rings is 1. The summed E-state index contributed by atoms with van der Waals surface area (Å²) in [7, 11) is 0. The smallest absolute Gasteiger partial charge is 0.245 e. The van der Waals surface area contributed by atoms with Crippen molar-refractivity contribution in [3.05, 3.63) is 50.9 Å². The van der Waals surface area contributed by atoms with Crippen LogP contribution >= 0.6 is 27.3 Å². The predicted molar refractivity (Wildman–Crippen MR) is 74.0 cm³/mol. The van der Waals surface area contributed by atoms with Gasteiger partial charge < -0.3 is 11.1 Å². The normalized spacial score (nSPS) is 12.1. The largest absolute Gasteiger partial charge is 0.369 e. The molecule has 3 nitrogen and oxygen atoms in total. The highest BCUT2D eigenvalue weighted by Gasteiger charge is 2.19. The SMILES string of the molecule is NC(=O)C(Nc1ccc(F)cc1)c1ccc(Br)s1. The second kappa shape index (κ2) is 5.49. The van der Waals surface area contributed by atoms with Gasteiger partial charge >= 0.3 is 0 Å². The number of hydrogen-bond donors (Lipinski definition) is 2. The summed E-state index contributed by atoms with van der Waals surface area (Å²) >= 11 is 4.76. The van der Waals surface area contributed by atoms with Crippen molar-refractivity contribution < 1.29 is 9.18 Å². The Balaban J connectivity index is 2.22. The first kappa shape index (κ1) is 13.0. The molecule has 2 aromatic rings. The maximum Gasteiger partial charge on any atom is 0.245 e. The van der Waals surface area contributed by atoms with Crippen LogP contribution in [-0.2, 0) is 4.79 Å². The van der Waals surface area contributed by atoms with E-state index in [-0.39, 0.29) is 5.82 Å². The zero-order valence-electron chi connectivity index (χ0n) is 9.19. The molecule has 18 heavy (non-hydrogen) atoms. The fourth-order valence-corrected chi connectivity index (χ4v) is 2.96. The summed E-state index contributed by atoms with van der Waals surface area (Å²) in [6.45, 7) is 0. The molecular formula is C12H10BrFN2OS. The zero-order valence-corrected chi connectivity index (χ0v) is 11.6. The van der Waals surface area contributed by atoms with Gasteiger partial charge in [0.05, 0.1) is 3.79 Å². The molecule has 1 aromatic heterocycles. The lowest BCUT2D eigenvalue weighted by Crippen LogP contribution is -2.26. The van der Waals surface area contributed by atoms with Crippen LogP contribution in [0.2, 0.25) is 0 Å². The number of nitrogens with two attached hydrogens (primary N) is 1. The Labute approximate surface area is 116 Å². The van der Waals surface area contributed by atoms with Gasteiger partial charge in [0.25, 0.3) is 0 Å². The van der Waals surface area contributed by atoms with Crippen molar-refractivity contribution in [3.63, 3.8) is 0 Å². The number of carbonyl (C=O) groups is 1. The average molecular weight is 329 g/mol. The van der Waals surface area contributed by atoms with Gasteiger partial charge in [0.15, 0.2) is 0 Å². The zero-order chi connectivity index (χ0) is 13.1. The van der Waals surface area contributed by atoms with E-state index in [4.69, 9.17) is 5.73 Å². The van der Waals surface area contributed by atoms with Crippen LogP contribution in [0.4, 0.5) is 10.1 Å². The fraction of sp³-hybridized carbons (Fsp3) is 0.0833. The third-order valence-corrected chi connectivity index (χ3v) is 4.01. The lowest BCUT2D eigenvalue weighted by Gasteiger charge is -2.15. The summed E-state index contributed by atoms with van der Waals surface area (Å²) in [6.07, 6.45) is 0. The highest BCUT2D eigenvalue weighted by Crippen LogP contribution is 2.29. The van der Waals surface area contributed by atoms with E-state index in [1.165, 1.54) is 23.5 Å². The fourth-order valence-electron chi connectivity index (χ4n) is 1.48. The van der Waals surface area contributed by atoms with Gasteiger partial charge in [-0.25, -0.2) is 4.39 Å². The highest BCUT2D eigenvalue weighted by molar-refractivity contribution is 9.11. The van der Waals surface area contributed by atoms with E-state index in [1.807, 2.05) is 12.1 Å². The second-order valence-electron chi connectivity index (χ2n) is 3.63. The average Bonchev–Trinajstić information content (AvgIpc) is 2.74. The molecule has 1 amide bonds. The monoisotopic (exact) mass is 328 g/mol. The van der Waals surface area contributed by atoms with Gasteiger partial charge in [0, 0.05) is 10.6 Å². The van der Waals surface area contributed by atoms with Crippen LogP contribution in [0, 0.1) is 5.82 Å². The summed E-state index contributed by atoms with van der Waals surface area (Å²) in [5, 5.41) is 2.98. The van der Waals surface area contributed by atoms with Gasteiger partial charge in [-0.2, -0.15) is 0 Å². The molecule has 2 rings (SSSR count). The van der Waals surface area contributed by atoms with Gasteiger partial charge in [0.1, 0.15) is 11.9 Å². The molecule has 1 heterocycles. The molecule has 3 N–H and O–H groups in total. The molecule has 1 aromatic carbocycles. The quantitative estimate of drug-likeness (QED) is 0.904. The van der Waals surface area contributed by atoms with Crippen molar-refractivity contribution in [2.75, 3.05) is 5.32 Å². The van der Waals surface area contributed by atoms with Gasteiger partial charge in [-0.15, -0.1) is 11.3 Å². The summed E-state index contributed by atoms with van der Waals surface area (Å²) < 4.78 is 13.7. The minimum atomic E-state index is -0.619. The number of thiophene rings is 1. The van der Waals surface area contributed by atoms with E-state index in [2.05, 4.69) is 21.2 Å². The Kier molecular flexibility index (Phi) is 3.98. The van der Waals surface area contributed by atoms with E-state index >= 15 is 0 Å². The molecule has 0 saturated carbocycles. The lowest BCUT2D eigenvalue weighted by atomic mass is 10.2. The Morgan fingerprint density at radius 1 is 1.28 bits per heavy atom. The molecule has 1 atom stereocenters. The van der Waals surface area contributed by atoms with E-state index in [0.29, 0.717) is 5.69 Å². The number of nitrogens with one attached hydrogen (secondary N) is 1. The topological polar surface area (TPSA) is 55.1 Å². The molecule has 6 heteroatoms. The van der Waals surface area contributed by atoms with Crippen molar-refractivity contribution in [3.8, 4) is 0 Å². The summed E-state index contributed by atoms with van der Waals surface area (Å²) in [5.74, 6) is -0.802. The Bertz CT molecular complexity index is 555. The van der Waals surface area contributed by atoms with Crippen molar-refractivity contribution in [2.24, 2.45) is 5.73 Å². The van der Waals surface area contributed by atoms with E-state index in [1.54, 1.807) is 12.1 Å². The molecule has 1 unspecified atom stereocenters. The number of primary amides is 1. The number of rotatable bonds is 4. The van der Waals surface area contributed by atoms with Gasteiger partial charge in [-0.1, -0.05) is 0 Å². The number of carbonyl (C=O) groups excluding carboxylic acids is 1. The van der Waals surface area contributed by atoms with Crippen LogP contribution in [0.25, 0.3) is 0 Å². The van der Waals surface area contributed by atoms with E-state index in [9.17, 15) is 9.18 Å². The van der Waals surface area contributed by atoms with Gasteiger partial charge in [-0.05, 0) is 52.3 Å². The Hall–Kier alpha value is -1.40. The number of amides is 1. The third-order valence-electron chi connectivity index (χ3n) is 2.32. The molecule has 0 spiro atoms. The minimum absolute atomic E-state index is 0.324. The standard InChI is InChI=1S/C12H10BrFN2OS/c13-10-6-5-9(18-10)11(12(15)17)16-8-3-1-7(14)2-4-8/h1-6,11,16H,(H2,15,17). The van der Waals surface area contributed by atoms with Gasteiger partial charge in [-0.3, -0.25) is 4.79 Å². The molecule has 94 valence electrons. The highest BCUT2D eigenvalue weighted by atomic mass is 79.9. The number of halogens is 2. The molecule has 0 fully saturated rings. The molecule has 0 aliphatic rings. The molecule has 0 bridgehead atoms. The van der Waals surface area contributed by atoms with Crippen LogP contribution in [0.3, 0.4) is 0 Å². The Morgan fingerprint density at radius 3 is 2.44 bits per heavy atom. The maximum absolute atomic E-state index is 12.8. The van der Waals surface area contributed by atoms with Crippen molar-refractivity contribution in [1.29, 1.82) is 0 Å². The second-order valence-corrected chi connectivity index (χ2v) is 6.12. The predicted octanol–water partition coefficient (Wildman–Crippen LogP) is 3.29. The molecule has 0 saturated heterocycles. The van der Waals surface area contributed by atoms with Crippen LogP contribution < -0.4 is 11.1 Å². The first-order valence-corrected chi connectivity index (χ1v) is 6.74. The molecule has 0 aliphatic heterocycles. The molecular weight excluding hydrogens is 319 g/mol. The third kappa shape index (κ3) is 3.08. The molecule has 0 aliphatic carbocycles. The lowest BCUT2D eigenvalue weighted by molar-refractivity contribution is -0.118. The van der Waals surface area contributed by atoms with Crippen LogP contribution in [0.5, 0.6) is 0 Å². The van der Waals surface area contributed by atoms with Crippen LogP contribution in [0.1, 0.15) is 10.9 Å². The minimum Gasteiger partial charge on any atom is -0.369 e. The van der Waals surface area contributed by atoms with E-state index < -0.39 is 11.9 Å². The maximum atomic E-state index is 12.8. The van der Waals surface area contributed by atoms with Crippen LogP contribution in [-0.4, -0.2) is 5.91 Å². The number of anilines is 1. The first-order valence-electron chi connectivity index (χ1n) is 5.13. The van der Waals surface area contributed by atoms with E-state index in [0.717, 1.165) is 8.66 Å². The number of hydrogen-bond acceptors (Lipinski definition) is 3. The Morgan fingerprint density at radius 2 is 1.94 bits per heavy atom. The van der Waals surface area contributed by atoms with Crippen molar-refractivity contribution in [2.45, 2.75) is 6.04 Å². The van der Waals surface area contributed by atoms with Crippen LogP contribution in [0.15, 0.2) is 40.2 Å².